The highest BCUT2D eigenvalue weighted by molar-refractivity contribution is 5.71. The average molecular weight is 210 g/mol. The molecule has 2 bridgehead atoms. The van der Waals surface area contributed by atoms with Gasteiger partial charge in [0.15, 0.2) is 0 Å². The molecule has 15 heavy (non-hydrogen) atoms. The monoisotopic (exact) mass is 210 g/mol. The summed E-state index contributed by atoms with van der Waals surface area (Å²) in [7, 11) is 0. The molecule has 0 aliphatic heterocycles. The third-order valence-electron chi connectivity index (χ3n) is 4.84. The molecule has 2 aliphatic carbocycles. The molecule has 2 saturated carbocycles. The van der Waals surface area contributed by atoms with E-state index in [1.807, 2.05) is 0 Å². The fraction of sp³-hybridized carbons (Fsp3) is 0.923. The lowest BCUT2D eigenvalue weighted by molar-refractivity contribution is -0.147. The fourth-order valence-corrected chi connectivity index (χ4v) is 3.87. The highest BCUT2D eigenvalue weighted by Gasteiger charge is 2.47. The number of aliphatic carboxylic acids is 1. The number of carbonyl (C=O) groups is 1. The summed E-state index contributed by atoms with van der Waals surface area (Å²) in [6.07, 6.45) is 9.29. The van der Waals surface area contributed by atoms with E-state index in [1.165, 1.54) is 25.7 Å². The van der Waals surface area contributed by atoms with Crippen molar-refractivity contribution in [1.82, 2.24) is 0 Å². The van der Waals surface area contributed by atoms with Crippen LogP contribution in [-0.2, 0) is 4.79 Å². The Morgan fingerprint density at radius 1 is 1.33 bits per heavy atom. The molecule has 0 heterocycles. The lowest BCUT2D eigenvalue weighted by atomic mass is 9.68. The summed E-state index contributed by atoms with van der Waals surface area (Å²) >= 11 is 0. The van der Waals surface area contributed by atoms with Gasteiger partial charge in [-0.15, -0.1) is 0 Å². The molecule has 0 amide bonds. The third-order valence-corrected chi connectivity index (χ3v) is 4.84. The van der Waals surface area contributed by atoms with Crippen molar-refractivity contribution in [3.8, 4) is 0 Å². The Labute approximate surface area is 92.1 Å². The molecule has 86 valence electrons. The molecule has 0 aromatic heterocycles. The van der Waals surface area contributed by atoms with E-state index in [9.17, 15) is 9.90 Å². The molecule has 2 aliphatic rings. The maximum atomic E-state index is 11.4. The number of rotatable bonds is 2. The topological polar surface area (TPSA) is 37.3 Å². The van der Waals surface area contributed by atoms with E-state index in [0.717, 1.165) is 31.6 Å². The minimum Gasteiger partial charge on any atom is -0.481 e. The van der Waals surface area contributed by atoms with E-state index in [2.05, 4.69) is 6.92 Å². The number of carboxylic acid groups (broad SMARTS) is 1. The van der Waals surface area contributed by atoms with Crippen LogP contribution >= 0.6 is 0 Å². The zero-order valence-corrected chi connectivity index (χ0v) is 9.67. The van der Waals surface area contributed by atoms with Gasteiger partial charge in [0, 0.05) is 0 Å². The van der Waals surface area contributed by atoms with Gasteiger partial charge in [-0.3, -0.25) is 4.79 Å². The van der Waals surface area contributed by atoms with Crippen molar-refractivity contribution in [1.29, 1.82) is 0 Å². The number of hydrogen-bond acceptors (Lipinski definition) is 1. The Morgan fingerprint density at radius 2 is 2.07 bits per heavy atom. The van der Waals surface area contributed by atoms with Gasteiger partial charge in [0.05, 0.1) is 5.92 Å². The Morgan fingerprint density at radius 3 is 2.73 bits per heavy atom. The van der Waals surface area contributed by atoms with Gasteiger partial charge in [-0.2, -0.15) is 0 Å². The van der Waals surface area contributed by atoms with Crippen LogP contribution < -0.4 is 0 Å². The van der Waals surface area contributed by atoms with Gasteiger partial charge >= 0.3 is 5.97 Å². The van der Waals surface area contributed by atoms with Gasteiger partial charge in [0.2, 0.25) is 0 Å². The van der Waals surface area contributed by atoms with Crippen molar-refractivity contribution in [3.05, 3.63) is 0 Å². The van der Waals surface area contributed by atoms with Gasteiger partial charge in [-0.05, 0) is 43.4 Å². The standard InChI is InChI=1S/C13H22O2/c1-2-13-8-7-10(9-13)5-3-4-6-11(13)12(14)15/h10-11H,2-9H2,1H3,(H,14,15). The second kappa shape index (κ2) is 4.15. The minimum atomic E-state index is -0.542. The van der Waals surface area contributed by atoms with Crippen molar-refractivity contribution in [2.24, 2.45) is 17.3 Å². The molecule has 0 saturated heterocycles. The van der Waals surface area contributed by atoms with Crippen molar-refractivity contribution in [2.45, 2.75) is 58.3 Å². The first-order valence-corrected chi connectivity index (χ1v) is 6.41. The first kappa shape index (κ1) is 11.0. The summed E-state index contributed by atoms with van der Waals surface area (Å²) in [4.78, 5) is 11.4. The second-order valence-corrected chi connectivity index (χ2v) is 5.50. The van der Waals surface area contributed by atoms with Crippen LogP contribution in [0.2, 0.25) is 0 Å². The Kier molecular flexibility index (Phi) is 3.03. The van der Waals surface area contributed by atoms with Gasteiger partial charge in [-0.1, -0.05) is 26.2 Å². The largest absolute Gasteiger partial charge is 0.481 e. The maximum Gasteiger partial charge on any atom is 0.307 e. The molecule has 0 spiro atoms. The molecule has 2 fully saturated rings. The summed E-state index contributed by atoms with van der Waals surface area (Å²) in [5, 5.41) is 9.37. The quantitative estimate of drug-likeness (QED) is 0.758. The Hall–Kier alpha value is -0.530. The molecule has 2 heteroatoms. The van der Waals surface area contributed by atoms with Crippen LogP contribution in [0.25, 0.3) is 0 Å². The molecular formula is C13H22O2. The number of hydrogen-bond donors (Lipinski definition) is 1. The number of carboxylic acids is 1. The average Bonchev–Trinajstić information content (AvgIpc) is 2.60. The summed E-state index contributed by atoms with van der Waals surface area (Å²) in [5.74, 6) is 0.222. The SMILES string of the molecule is CCC12CCC(CCCCC1C(=O)O)C2. The Bertz CT molecular complexity index is 249. The van der Waals surface area contributed by atoms with Crippen LogP contribution in [0.5, 0.6) is 0 Å². The predicted molar refractivity (Wildman–Crippen MR) is 59.7 cm³/mol. The van der Waals surface area contributed by atoms with Crippen LogP contribution in [0.3, 0.4) is 0 Å². The normalized spacial score (nSPS) is 40.9. The van der Waals surface area contributed by atoms with Gasteiger partial charge in [-0.25, -0.2) is 0 Å². The highest BCUT2D eigenvalue weighted by atomic mass is 16.4. The van der Waals surface area contributed by atoms with Crippen LogP contribution in [0.4, 0.5) is 0 Å². The third kappa shape index (κ3) is 1.91. The van der Waals surface area contributed by atoms with Gasteiger partial charge < -0.3 is 5.11 Å². The van der Waals surface area contributed by atoms with Crippen LogP contribution in [-0.4, -0.2) is 11.1 Å². The molecule has 2 rings (SSSR count). The van der Waals surface area contributed by atoms with E-state index in [1.54, 1.807) is 0 Å². The van der Waals surface area contributed by atoms with E-state index in [4.69, 9.17) is 0 Å². The predicted octanol–water partition coefficient (Wildman–Crippen LogP) is 3.46. The maximum absolute atomic E-state index is 11.4. The van der Waals surface area contributed by atoms with Crippen molar-refractivity contribution in [2.75, 3.05) is 0 Å². The molecule has 0 aromatic rings. The molecule has 3 atom stereocenters. The van der Waals surface area contributed by atoms with Crippen LogP contribution in [0.15, 0.2) is 0 Å². The molecule has 2 nitrogen and oxygen atoms in total. The summed E-state index contributed by atoms with van der Waals surface area (Å²) in [6.45, 7) is 2.18. The lowest BCUT2D eigenvalue weighted by Crippen LogP contribution is -2.34. The lowest BCUT2D eigenvalue weighted by Gasteiger charge is -2.36. The summed E-state index contributed by atoms with van der Waals surface area (Å²) in [6, 6.07) is 0. The number of fused-ring (bicyclic) bond motifs is 2. The highest BCUT2D eigenvalue weighted by Crippen LogP contribution is 2.53. The first-order chi connectivity index (χ1) is 7.18. The molecule has 1 N–H and O–H groups in total. The van der Waals surface area contributed by atoms with Gasteiger partial charge in [0.1, 0.15) is 0 Å². The zero-order valence-electron chi connectivity index (χ0n) is 9.67. The van der Waals surface area contributed by atoms with Crippen molar-refractivity contribution < 1.29 is 9.90 Å². The molecular weight excluding hydrogens is 188 g/mol. The minimum absolute atomic E-state index is 0.0622. The van der Waals surface area contributed by atoms with Crippen LogP contribution in [0, 0.1) is 17.3 Å². The van der Waals surface area contributed by atoms with E-state index in [-0.39, 0.29) is 11.3 Å². The fourth-order valence-electron chi connectivity index (χ4n) is 3.87. The van der Waals surface area contributed by atoms with Crippen LogP contribution in [0.1, 0.15) is 58.3 Å². The van der Waals surface area contributed by atoms with E-state index >= 15 is 0 Å². The Balaban J connectivity index is 2.22. The van der Waals surface area contributed by atoms with Crippen molar-refractivity contribution in [3.63, 3.8) is 0 Å². The van der Waals surface area contributed by atoms with Crippen molar-refractivity contribution >= 4 is 5.97 Å². The summed E-state index contributed by atoms with van der Waals surface area (Å²) < 4.78 is 0. The van der Waals surface area contributed by atoms with E-state index < -0.39 is 5.97 Å². The smallest absolute Gasteiger partial charge is 0.307 e. The molecule has 3 unspecified atom stereocenters. The second-order valence-electron chi connectivity index (χ2n) is 5.50. The molecule has 0 aromatic carbocycles. The zero-order chi connectivity index (χ0) is 10.9. The van der Waals surface area contributed by atoms with Gasteiger partial charge in [0.25, 0.3) is 0 Å². The first-order valence-electron chi connectivity index (χ1n) is 6.41. The molecule has 0 radical (unpaired) electrons. The summed E-state index contributed by atoms with van der Waals surface area (Å²) in [5.41, 5.74) is 0.150. The van der Waals surface area contributed by atoms with E-state index in [0.29, 0.717) is 0 Å².